The molecule has 0 radical (unpaired) electrons. The van der Waals surface area contributed by atoms with Crippen LogP contribution in [0.5, 0.6) is 11.5 Å². The minimum absolute atomic E-state index is 0.274. The second-order valence-corrected chi connectivity index (χ2v) is 6.44. The number of hydrazone groups is 1. The number of nitrogens with zero attached hydrogens (tertiary/aromatic N) is 3. The third-order valence-corrected chi connectivity index (χ3v) is 4.30. The molecule has 1 N–H and O–H groups in total. The number of nitrogens with one attached hydrogen (secondary N) is 1. The SMILES string of the molecule is CCCCOc1ccc(/C=N/NC(=O)c2cncn2-c2ccc(F)cc2)cc1OC. The molecule has 2 aromatic carbocycles. The topological polar surface area (TPSA) is 77.7 Å². The number of ether oxygens (including phenoxy) is 2. The van der Waals surface area contributed by atoms with Crippen molar-refractivity contribution in [1.82, 2.24) is 15.0 Å². The standard InChI is InChI=1S/C22H23FN4O3/c1-3-4-11-30-20-10-5-16(12-21(20)29-2)13-25-26-22(28)19-14-24-15-27(19)18-8-6-17(23)7-9-18/h5-10,12-15H,3-4,11H2,1-2H3,(H,26,28)/b25-13+. The molecule has 1 amide bonds. The summed E-state index contributed by atoms with van der Waals surface area (Å²) < 4.78 is 25.8. The van der Waals surface area contributed by atoms with Crippen molar-refractivity contribution in [2.75, 3.05) is 13.7 Å². The number of amides is 1. The molecule has 30 heavy (non-hydrogen) atoms. The van der Waals surface area contributed by atoms with E-state index in [1.807, 2.05) is 6.07 Å². The zero-order chi connectivity index (χ0) is 21.3. The van der Waals surface area contributed by atoms with Gasteiger partial charge in [0.25, 0.3) is 5.91 Å². The Bertz CT molecular complexity index is 1020. The summed E-state index contributed by atoms with van der Waals surface area (Å²) in [6.07, 6.45) is 6.42. The van der Waals surface area contributed by atoms with Crippen molar-refractivity contribution >= 4 is 12.1 Å². The van der Waals surface area contributed by atoms with Gasteiger partial charge in [0.05, 0.1) is 32.5 Å². The molecule has 1 aromatic heterocycles. The van der Waals surface area contributed by atoms with Gasteiger partial charge in [0, 0.05) is 5.69 Å². The first-order chi connectivity index (χ1) is 14.6. The minimum Gasteiger partial charge on any atom is -0.493 e. The van der Waals surface area contributed by atoms with Crippen LogP contribution >= 0.6 is 0 Å². The summed E-state index contributed by atoms with van der Waals surface area (Å²) in [5.41, 5.74) is 4.10. The lowest BCUT2D eigenvalue weighted by molar-refractivity contribution is 0.0948. The van der Waals surface area contributed by atoms with E-state index in [4.69, 9.17) is 9.47 Å². The quantitative estimate of drug-likeness (QED) is 0.329. The smallest absolute Gasteiger partial charge is 0.289 e. The molecule has 156 valence electrons. The first-order valence-electron chi connectivity index (χ1n) is 9.55. The molecular formula is C22H23FN4O3. The molecule has 0 saturated heterocycles. The number of carbonyl (C=O) groups excluding carboxylic acids is 1. The van der Waals surface area contributed by atoms with Gasteiger partial charge in [-0.1, -0.05) is 13.3 Å². The van der Waals surface area contributed by atoms with Crippen LogP contribution in [0, 0.1) is 5.82 Å². The van der Waals surface area contributed by atoms with Crippen molar-refractivity contribution in [1.29, 1.82) is 0 Å². The van der Waals surface area contributed by atoms with Gasteiger partial charge < -0.3 is 9.47 Å². The van der Waals surface area contributed by atoms with Gasteiger partial charge in [0.2, 0.25) is 0 Å². The summed E-state index contributed by atoms with van der Waals surface area (Å²) in [5.74, 6) is 0.456. The molecule has 0 atom stereocenters. The van der Waals surface area contributed by atoms with Gasteiger partial charge in [-0.25, -0.2) is 14.8 Å². The lowest BCUT2D eigenvalue weighted by atomic mass is 10.2. The summed E-state index contributed by atoms with van der Waals surface area (Å²) in [7, 11) is 1.57. The highest BCUT2D eigenvalue weighted by Gasteiger charge is 2.12. The Morgan fingerprint density at radius 1 is 1.23 bits per heavy atom. The molecule has 7 nitrogen and oxygen atoms in total. The minimum atomic E-state index is -0.445. The van der Waals surface area contributed by atoms with Crippen molar-refractivity contribution in [2.24, 2.45) is 5.10 Å². The highest BCUT2D eigenvalue weighted by atomic mass is 19.1. The predicted octanol–water partition coefficient (Wildman–Crippen LogP) is 3.96. The monoisotopic (exact) mass is 410 g/mol. The van der Waals surface area contributed by atoms with Gasteiger partial charge in [-0.3, -0.25) is 9.36 Å². The average Bonchev–Trinajstić information content (AvgIpc) is 3.25. The molecule has 0 fully saturated rings. The van der Waals surface area contributed by atoms with Crippen LogP contribution in [0.2, 0.25) is 0 Å². The number of unbranched alkanes of at least 4 members (excludes halogenated alkanes) is 1. The molecule has 0 spiro atoms. The number of benzene rings is 2. The molecule has 0 unspecified atom stereocenters. The van der Waals surface area contributed by atoms with E-state index < -0.39 is 5.91 Å². The number of halogens is 1. The predicted molar refractivity (Wildman–Crippen MR) is 112 cm³/mol. The molecule has 3 aromatic rings. The second-order valence-electron chi connectivity index (χ2n) is 6.44. The van der Waals surface area contributed by atoms with E-state index in [1.165, 1.54) is 30.9 Å². The van der Waals surface area contributed by atoms with Gasteiger partial charge in [-0.05, 0) is 54.4 Å². The van der Waals surface area contributed by atoms with Crippen LogP contribution in [0.3, 0.4) is 0 Å². The van der Waals surface area contributed by atoms with Gasteiger partial charge >= 0.3 is 0 Å². The van der Waals surface area contributed by atoms with Crippen LogP contribution in [0.25, 0.3) is 5.69 Å². The molecule has 0 aliphatic rings. The fourth-order valence-corrected chi connectivity index (χ4v) is 2.70. The van der Waals surface area contributed by atoms with E-state index in [0.29, 0.717) is 23.8 Å². The molecule has 0 aliphatic carbocycles. The normalized spacial score (nSPS) is 10.9. The van der Waals surface area contributed by atoms with E-state index in [0.717, 1.165) is 18.4 Å². The molecule has 0 aliphatic heterocycles. The van der Waals surface area contributed by atoms with E-state index in [-0.39, 0.29) is 11.5 Å². The second kappa shape index (κ2) is 10.2. The maximum absolute atomic E-state index is 13.1. The van der Waals surface area contributed by atoms with Crippen LogP contribution in [0.15, 0.2) is 60.1 Å². The molecule has 8 heteroatoms. The molecule has 0 saturated carbocycles. The average molecular weight is 410 g/mol. The number of hydrogen-bond donors (Lipinski definition) is 1. The summed E-state index contributed by atoms with van der Waals surface area (Å²) in [4.78, 5) is 16.5. The first-order valence-corrected chi connectivity index (χ1v) is 9.55. The molecule has 0 bridgehead atoms. The van der Waals surface area contributed by atoms with E-state index in [2.05, 4.69) is 22.4 Å². The summed E-state index contributed by atoms with van der Waals surface area (Å²) >= 11 is 0. The Morgan fingerprint density at radius 3 is 2.77 bits per heavy atom. The lowest BCUT2D eigenvalue weighted by Gasteiger charge is -2.10. The third kappa shape index (κ3) is 5.22. The van der Waals surface area contributed by atoms with Crippen molar-refractivity contribution in [2.45, 2.75) is 19.8 Å². The van der Waals surface area contributed by atoms with Crippen molar-refractivity contribution in [3.8, 4) is 17.2 Å². The first kappa shape index (κ1) is 21.0. The number of imidazole rings is 1. The van der Waals surface area contributed by atoms with Gasteiger partial charge in [-0.15, -0.1) is 0 Å². The fourth-order valence-electron chi connectivity index (χ4n) is 2.70. The number of methoxy groups -OCH3 is 1. The van der Waals surface area contributed by atoms with Crippen LogP contribution in [-0.2, 0) is 0 Å². The van der Waals surface area contributed by atoms with Gasteiger partial charge in [0.1, 0.15) is 11.5 Å². The summed E-state index contributed by atoms with van der Waals surface area (Å²) in [5, 5.41) is 4.00. The van der Waals surface area contributed by atoms with E-state index >= 15 is 0 Å². The Kier molecular flexibility index (Phi) is 7.15. The number of carbonyl (C=O) groups is 1. The summed E-state index contributed by atoms with van der Waals surface area (Å²) in [6.45, 7) is 2.72. The number of rotatable bonds is 9. The fraction of sp³-hybridized carbons (Fsp3) is 0.227. The maximum Gasteiger partial charge on any atom is 0.289 e. The van der Waals surface area contributed by atoms with Crippen LogP contribution < -0.4 is 14.9 Å². The van der Waals surface area contributed by atoms with Crippen molar-refractivity contribution < 1.29 is 18.7 Å². The largest absolute Gasteiger partial charge is 0.493 e. The highest BCUT2D eigenvalue weighted by Crippen LogP contribution is 2.27. The van der Waals surface area contributed by atoms with E-state index in [1.54, 1.807) is 35.9 Å². The van der Waals surface area contributed by atoms with E-state index in [9.17, 15) is 9.18 Å². The Morgan fingerprint density at radius 2 is 2.03 bits per heavy atom. The lowest BCUT2D eigenvalue weighted by Crippen LogP contribution is -2.20. The Balaban J connectivity index is 1.66. The number of aromatic nitrogens is 2. The van der Waals surface area contributed by atoms with Gasteiger partial charge in [-0.2, -0.15) is 5.10 Å². The van der Waals surface area contributed by atoms with Crippen LogP contribution in [-0.4, -0.2) is 35.4 Å². The van der Waals surface area contributed by atoms with Crippen LogP contribution in [0.4, 0.5) is 4.39 Å². The number of hydrogen-bond acceptors (Lipinski definition) is 5. The molecular weight excluding hydrogens is 387 g/mol. The zero-order valence-corrected chi connectivity index (χ0v) is 16.8. The maximum atomic E-state index is 13.1. The van der Waals surface area contributed by atoms with Crippen LogP contribution in [0.1, 0.15) is 35.8 Å². The third-order valence-electron chi connectivity index (χ3n) is 4.30. The Labute approximate surface area is 174 Å². The van der Waals surface area contributed by atoms with Crippen molar-refractivity contribution in [3.63, 3.8) is 0 Å². The zero-order valence-electron chi connectivity index (χ0n) is 16.8. The highest BCUT2D eigenvalue weighted by molar-refractivity contribution is 5.93. The van der Waals surface area contributed by atoms with Gasteiger partial charge in [0.15, 0.2) is 11.5 Å². The molecule has 3 rings (SSSR count). The van der Waals surface area contributed by atoms with Crippen molar-refractivity contribution in [3.05, 3.63) is 72.1 Å². The Hall–Kier alpha value is -3.68. The summed E-state index contributed by atoms with van der Waals surface area (Å²) in [6, 6.07) is 11.2. The molecule has 1 heterocycles.